The van der Waals surface area contributed by atoms with Gasteiger partial charge in [-0.1, -0.05) is 74.0 Å². The lowest BCUT2D eigenvalue weighted by atomic mass is 9.95. The van der Waals surface area contributed by atoms with Gasteiger partial charge in [-0.05, 0) is 89.2 Å². The fourth-order valence-electron chi connectivity index (χ4n) is 6.66. The van der Waals surface area contributed by atoms with Crippen LogP contribution in [0.4, 0.5) is 0 Å². The molecule has 1 aliphatic carbocycles. The normalized spacial score (nSPS) is 24.9. The molecule has 1 saturated heterocycles. The van der Waals surface area contributed by atoms with E-state index in [0.29, 0.717) is 17.1 Å². The minimum atomic E-state index is 0.438. The predicted molar refractivity (Wildman–Crippen MR) is 163 cm³/mol. The van der Waals surface area contributed by atoms with E-state index < -0.39 is 0 Å². The van der Waals surface area contributed by atoms with Gasteiger partial charge in [0.2, 0.25) is 0 Å². The number of nitrogens with zero attached hydrogens (tertiary/aromatic N) is 2. The Morgan fingerprint density at radius 1 is 0.795 bits per heavy atom. The van der Waals surface area contributed by atoms with Gasteiger partial charge in [-0.15, -0.1) is 0 Å². The second-order valence-corrected chi connectivity index (χ2v) is 12.4. The van der Waals surface area contributed by atoms with E-state index >= 15 is 0 Å². The van der Waals surface area contributed by atoms with E-state index in [0.717, 1.165) is 41.9 Å². The maximum Gasteiger partial charge on any atom is 0.134 e. The number of allylic oxidation sites excluding steroid dienone is 1. The van der Waals surface area contributed by atoms with Crippen LogP contribution in [0.25, 0.3) is 38.7 Å². The summed E-state index contributed by atoms with van der Waals surface area (Å²) in [6, 6.07) is 22.6. The topological polar surface area (TPSA) is 53.1 Å². The number of aliphatic imine (C=N–C) groups is 1. The second kappa shape index (κ2) is 10.1. The van der Waals surface area contributed by atoms with Crippen LogP contribution < -0.4 is 5.32 Å². The third-order valence-electron chi connectivity index (χ3n) is 8.97. The quantitative estimate of drug-likeness (QED) is 0.269. The zero-order valence-corrected chi connectivity index (χ0v) is 23.4. The highest BCUT2D eigenvalue weighted by molar-refractivity contribution is 6.32. The first-order chi connectivity index (χ1) is 19.0. The minimum absolute atomic E-state index is 0.438. The highest BCUT2D eigenvalue weighted by atomic mass is 35.5. The molecule has 3 aromatic carbocycles. The number of hydrogen-bond donors (Lipinski definition) is 2. The SMILES string of the molecule is C[C@@H]1CC[C@H](c2nc(-c3ccc4cc(-c5ccc(C6=CN=C([C@@H]7C[C@H](C)CN7)C6)cc5)ccc4c3)c(Cl)[nH]2)C1. The Bertz CT molecular complexity index is 1600. The number of aromatic nitrogens is 2. The summed E-state index contributed by atoms with van der Waals surface area (Å²) in [5.41, 5.74) is 8.22. The fourth-order valence-corrected chi connectivity index (χ4v) is 6.91. The summed E-state index contributed by atoms with van der Waals surface area (Å²) in [6.07, 6.45) is 7.85. The first-order valence-corrected chi connectivity index (χ1v) is 14.8. The van der Waals surface area contributed by atoms with Gasteiger partial charge in [-0.25, -0.2) is 4.98 Å². The van der Waals surface area contributed by atoms with Gasteiger partial charge < -0.3 is 10.3 Å². The summed E-state index contributed by atoms with van der Waals surface area (Å²) in [6.45, 7) is 5.73. The van der Waals surface area contributed by atoms with Crippen molar-refractivity contribution in [1.82, 2.24) is 15.3 Å². The molecule has 2 aliphatic heterocycles. The number of benzene rings is 3. The van der Waals surface area contributed by atoms with E-state index in [1.807, 2.05) is 0 Å². The molecular formula is C34H35ClN4. The molecule has 2 fully saturated rings. The van der Waals surface area contributed by atoms with E-state index in [2.05, 4.69) is 91.0 Å². The highest BCUT2D eigenvalue weighted by Gasteiger charge is 2.28. The zero-order chi connectivity index (χ0) is 26.5. The number of aromatic amines is 1. The Kier molecular flexibility index (Phi) is 6.41. The van der Waals surface area contributed by atoms with Gasteiger partial charge in [0.05, 0.1) is 0 Å². The van der Waals surface area contributed by atoms with Crippen LogP contribution in [0.15, 0.2) is 71.9 Å². The average Bonchev–Trinajstić information content (AvgIpc) is 3.76. The summed E-state index contributed by atoms with van der Waals surface area (Å²) < 4.78 is 0. The zero-order valence-electron chi connectivity index (χ0n) is 22.7. The van der Waals surface area contributed by atoms with Crippen molar-refractivity contribution in [2.45, 2.75) is 57.9 Å². The molecule has 2 N–H and O–H groups in total. The van der Waals surface area contributed by atoms with Crippen LogP contribution in [0.2, 0.25) is 5.15 Å². The lowest BCUT2D eigenvalue weighted by Gasteiger charge is -2.11. The van der Waals surface area contributed by atoms with Gasteiger partial charge in [-0.3, -0.25) is 4.99 Å². The molecule has 3 heterocycles. The van der Waals surface area contributed by atoms with Crippen LogP contribution in [-0.2, 0) is 0 Å². The average molecular weight is 535 g/mol. The summed E-state index contributed by atoms with van der Waals surface area (Å²) in [7, 11) is 0. The van der Waals surface area contributed by atoms with Crippen LogP contribution in [0.1, 0.15) is 63.3 Å². The van der Waals surface area contributed by atoms with E-state index in [9.17, 15) is 0 Å². The lowest BCUT2D eigenvalue weighted by molar-refractivity contribution is 0.588. The van der Waals surface area contributed by atoms with Crippen LogP contribution in [-0.4, -0.2) is 28.3 Å². The smallest absolute Gasteiger partial charge is 0.134 e. The molecule has 0 spiro atoms. The summed E-state index contributed by atoms with van der Waals surface area (Å²) in [5, 5.41) is 6.67. The number of nitrogens with one attached hydrogen (secondary N) is 2. The van der Waals surface area contributed by atoms with Crippen molar-refractivity contribution in [2.24, 2.45) is 16.8 Å². The Morgan fingerprint density at radius 3 is 2.23 bits per heavy atom. The molecule has 4 atom stereocenters. The molecule has 1 saturated carbocycles. The van der Waals surface area contributed by atoms with Crippen LogP contribution in [0.5, 0.6) is 0 Å². The van der Waals surface area contributed by atoms with Crippen LogP contribution in [0.3, 0.4) is 0 Å². The molecule has 0 radical (unpaired) electrons. The predicted octanol–water partition coefficient (Wildman–Crippen LogP) is 8.64. The lowest BCUT2D eigenvalue weighted by Crippen LogP contribution is -2.29. The second-order valence-electron chi connectivity index (χ2n) is 12.0. The van der Waals surface area contributed by atoms with Crippen molar-refractivity contribution in [3.8, 4) is 22.4 Å². The minimum Gasteiger partial charge on any atom is -0.332 e. The molecular weight excluding hydrogens is 500 g/mol. The number of imidazole rings is 1. The molecule has 4 aromatic rings. The third-order valence-corrected chi connectivity index (χ3v) is 9.25. The third kappa shape index (κ3) is 4.85. The molecule has 39 heavy (non-hydrogen) atoms. The number of halogens is 1. The molecule has 3 aliphatic rings. The first kappa shape index (κ1) is 24.8. The van der Waals surface area contributed by atoms with Gasteiger partial charge in [0.25, 0.3) is 0 Å². The number of H-pyrrole nitrogens is 1. The molecule has 1 aromatic heterocycles. The number of hydrogen-bond acceptors (Lipinski definition) is 3. The van der Waals surface area contributed by atoms with E-state index in [1.54, 1.807) is 0 Å². The van der Waals surface area contributed by atoms with Crippen molar-refractivity contribution in [1.29, 1.82) is 0 Å². The van der Waals surface area contributed by atoms with Crippen LogP contribution >= 0.6 is 11.6 Å². The van der Waals surface area contributed by atoms with Gasteiger partial charge in [-0.2, -0.15) is 0 Å². The number of rotatable bonds is 5. The summed E-state index contributed by atoms with van der Waals surface area (Å²) >= 11 is 6.62. The molecule has 5 heteroatoms. The van der Waals surface area contributed by atoms with Crippen molar-refractivity contribution in [2.75, 3.05) is 6.54 Å². The van der Waals surface area contributed by atoms with Gasteiger partial charge in [0.15, 0.2) is 0 Å². The standard InChI is InChI=1S/C34H35ClN4/c1-20-3-4-28(13-20)34-38-32(33(35)39-34)27-12-11-25-15-24(9-10-26(25)16-27)22-5-7-23(8-6-22)29-17-31(37-19-29)30-14-21(2)18-36-30/h5-12,15-16,19-21,28,30,36H,3-4,13-14,17-18H2,1-2H3,(H,38,39)/t20-,21+,28+,30+/m1/s1. The molecule has 0 bridgehead atoms. The maximum atomic E-state index is 6.62. The van der Waals surface area contributed by atoms with Crippen molar-refractivity contribution in [3.63, 3.8) is 0 Å². The Morgan fingerprint density at radius 2 is 1.51 bits per heavy atom. The van der Waals surface area contributed by atoms with Crippen molar-refractivity contribution in [3.05, 3.63) is 83.4 Å². The monoisotopic (exact) mass is 534 g/mol. The van der Waals surface area contributed by atoms with Gasteiger partial charge >= 0.3 is 0 Å². The Balaban J connectivity index is 1.07. The summed E-state index contributed by atoms with van der Waals surface area (Å²) in [5.74, 6) is 3.03. The Hall–Kier alpha value is -3.21. The van der Waals surface area contributed by atoms with Crippen molar-refractivity contribution < 1.29 is 0 Å². The molecule has 4 nitrogen and oxygen atoms in total. The van der Waals surface area contributed by atoms with E-state index in [-0.39, 0.29) is 0 Å². The fraction of sp³-hybridized carbons (Fsp3) is 0.353. The molecule has 7 rings (SSSR count). The van der Waals surface area contributed by atoms with Crippen LogP contribution in [0, 0.1) is 11.8 Å². The Labute approximate surface area is 235 Å². The summed E-state index contributed by atoms with van der Waals surface area (Å²) in [4.78, 5) is 13.1. The first-order valence-electron chi connectivity index (χ1n) is 14.4. The van der Waals surface area contributed by atoms with E-state index in [4.69, 9.17) is 21.6 Å². The number of fused-ring (bicyclic) bond motifs is 1. The maximum absolute atomic E-state index is 6.62. The van der Waals surface area contributed by atoms with Gasteiger partial charge in [0, 0.05) is 35.9 Å². The van der Waals surface area contributed by atoms with E-state index in [1.165, 1.54) is 64.4 Å². The van der Waals surface area contributed by atoms with Gasteiger partial charge in [0.1, 0.15) is 16.7 Å². The molecule has 0 amide bonds. The molecule has 0 unspecified atom stereocenters. The van der Waals surface area contributed by atoms with Crippen molar-refractivity contribution >= 4 is 33.7 Å². The highest BCUT2D eigenvalue weighted by Crippen LogP contribution is 2.39. The molecule has 198 valence electrons. The largest absolute Gasteiger partial charge is 0.332 e.